The van der Waals surface area contributed by atoms with Crippen LogP contribution in [-0.4, -0.2) is 44.7 Å². The van der Waals surface area contributed by atoms with Crippen LogP contribution < -0.4 is 4.74 Å². The van der Waals surface area contributed by atoms with E-state index in [1.807, 2.05) is 13.8 Å². The molecule has 0 radical (unpaired) electrons. The zero-order valence-corrected chi connectivity index (χ0v) is 23.2. The van der Waals surface area contributed by atoms with Crippen LogP contribution in [0.25, 0.3) is 10.9 Å². The maximum atomic E-state index is 13.0. The molecule has 0 aliphatic carbocycles. The van der Waals surface area contributed by atoms with Gasteiger partial charge in [0.25, 0.3) is 0 Å². The van der Waals surface area contributed by atoms with Gasteiger partial charge in [0.15, 0.2) is 6.29 Å². The summed E-state index contributed by atoms with van der Waals surface area (Å²) in [4.78, 5) is 30.4. The van der Waals surface area contributed by atoms with Crippen molar-refractivity contribution < 1.29 is 19.1 Å². The van der Waals surface area contributed by atoms with Crippen LogP contribution in [0, 0.1) is 0 Å². The molecule has 0 aliphatic rings. The van der Waals surface area contributed by atoms with Gasteiger partial charge in [0.1, 0.15) is 17.5 Å². The fourth-order valence-electron chi connectivity index (χ4n) is 3.79. The van der Waals surface area contributed by atoms with Crippen molar-refractivity contribution in [3.63, 3.8) is 0 Å². The summed E-state index contributed by atoms with van der Waals surface area (Å²) < 4.78 is 13.0. The van der Waals surface area contributed by atoms with Crippen molar-refractivity contribution in [2.75, 3.05) is 7.05 Å². The lowest BCUT2D eigenvalue weighted by molar-refractivity contribution is -0.106. The molecule has 1 aromatic carbocycles. The summed E-state index contributed by atoms with van der Waals surface area (Å²) in [6.45, 7) is 12.7. The Kier molecular flexibility index (Phi) is 8.66. The predicted octanol–water partition coefficient (Wildman–Crippen LogP) is 6.92. The van der Waals surface area contributed by atoms with Gasteiger partial charge in [0, 0.05) is 30.4 Å². The van der Waals surface area contributed by atoms with Crippen LogP contribution in [0.5, 0.6) is 5.75 Å². The van der Waals surface area contributed by atoms with Gasteiger partial charge in [-0.15, -0.1) is 0 Å². The number of rotatable bonds is 8. The number of carbonyl (C=O) groups excluding carboxylic acids is 2. The molecule has 0 amide bonds. The van der Waals surface area contributed by atoms with Gasteiger partial charge in [-0.25, -0.2) is 4.79 Å². The largest absolute Gasteiger partial charge is 0.486 e. The fraction of sp³-hybridized carbons (Fsp3) is 0.333. The lowest BCUT2D eigenvalue weighted by Crippen LogP contribution is -2.28. The number of nitrogens with zero attached hydrogens (tertiary/aromatic N) is 4. The average Bonchev–Trinajstić information content (AvgIpc) is 3.19. The maximum absolute atomic E-state index is 13.0. The summed E-state index contributed by atoms with van der Waals surface area (Å²) in [6, 6.07) is 4.87. The third-order valence-electron chi connectivity index (χ3n) is 5.65. The second-order valence-corrected chi connectivity index (χ2v) is 10.3. The van der Waals surface area contributed by atoms with E-state index in [-0.39, 0.29) is 6.04 Å². The molecular weight excluding hydrogens is 515 g/mol. The molecule has 3 rings (SSSR count). The number of carbonyl (C=O) groups is 2. The molecule has 10 heteroatoms. The van der Waals surface area contributed by atoms with Gasteiger partial charge in [-0.05, 0) is 58.9 Å². The standard InChI is InChI=1S/C27H30Cl2N4O4/c1-8-9-18(15-34)32(7)16(2)25-20-12-19(36-17(3)24-21(28)13-30-14-22(24)29)10-11-23(20)33(31-25)26(35)37-27(4,5)6/h8-17H,1H2,2-7H3/b18-9-. The van der Waals surface area contributed by atoms with Crippen LogP contribution in [0.1, 0.15) is 58.0 Å². The van der Waals surface area contributed by atoms with Crippen molar-refractivity contribution in [1.29, 1.82) is 0 Å². The maximum Gasteiger partial charge on any atom is 0.435 e. The van der Waals surface area contributed by atoms with Gasteiger partial charge < -0.3 is 14.4 Å². The van der Waals surface area contributed by atoms with E-state index in [0.717, 1.165) is 6.29 Å². The number of hydrogen-bond donors (Lipinski definition) is 0. The molecule has 2 unspecified atom stereocenters. The number of fused-ring (bicyclic) bond motifs is 1. The number of aromatic nitrogens is 3. The molecule has 2 heterocycles. The van der Waals surface area contributed by atoms with Crippen molar-refractivity contribution in [2.45, 2.75) is 52.4 Å². The van der Waals surface area contributed by atoms with Crippen molar-refractivity contribution >= 4 is 46.5 Å². The van der Waals surface area contributed by atoms with E-state index in [0.29, 0.717) is 43.7 Å². The molecule has 0 spiro atoms. The topological polar surface area (TPSA) is 86.6 Å². The summed E-state index contributed by atoms with van der Waals surface area (Å²) in [5.74, 6) is 0.515. The lowest BCUT2D eigenvalue weighted by atomic mass is 10.1. The number of benzene rings is 1. The van der Waals surface area contributed by atoms with Crippen molar-refractivity contribution in [3.8, 4) is 5.75 Å². The molecule has 0 saturated carbocycles. The van der Waals surface area contributed by atoms with E-state index < -0.39 is 17.8 Å². The van der Waals surface area contributed by atoms with Gasteiger partial charge in [-0.2, -0.15) is 9.78 Å². The first-order valence-electron chi connectivity index (χ1n) is 11.6. The first kappa shape index (κ1) is 28.2. The molecule has 8 nitrogen and oxygen atoms in total. The van der Waals surface area contributed by atoms with Gasteiger partial charge in [-0.1, -0.05) is 35.9 Å². The molecule has 0 bridgehead atoms. The Bertz CT molecular complexity index is 1340. The Morgan fingerprint density at radius 2 is 1.84 bits per heavy atom. The predicted molar refractivity (Wildman–Crippen MR) is 145 cm³/mol. The molecule has 3 aromatic rings. The zero-order valence-electron chi connectivity index (χ0n) is 21.7. The summed E-state index contributed by atoms with van der Waals surface area (Å²) in [6.07, 6.45) is 5.79. The van der Waals surface area contributed by atoms with Gasteiger partial charge in [0.2, 0.25) is 0 Å². The van der Waals surface area contributed by atoms with E-state index in [1.54, 1.807) is 57.0 Å². The molecule has 196 valence electrons. The monoisotopic (exact) mass is 544 g/mol. The third kappa shape index (κ3) is 6.32. The molecule has 2 atom stereocenters. The molecular formula is C27H30Cl2N4O4. The Morgan fingerprint density at radius 3 is 2.41 bits per heavy atom. The molecule has 0 N–H and O–H groups in total. The van der Waals surface area contributed by atoms with E-state index >= 15 is 0 Å². The minimum Gasteiger partial charge on any atom is -0.486 e. The molecule has 0 saturated heterocycles. The first-order chi connectivity index (χ1) is 17.4. The summed E-state index contributed by atoms with van der Waals surface area (Å²) in [5.41, 5.74) is 1.39. The minimum absolute atomic E-state index is 0.389. The Labute approximate surface area is 226 Å². The van der Waals surface area contributed by atoms with E-state index in [9.17, 15) is 9.59 Å². The highest BCUT2D eigenvalue weighted by Crippen LogP contribution is 2.35. The second-order valence-electron chi connectivity index (χ2n) is 9.47. The molecule has 0 fully saturated rings. The van der Waals surface area contributed by atoms with Crippen LogP contribution in [0.2, 0.25) is 10.0 Å². The fourth-order valence-corrected chi connectivity index (χ4v) is 4.46. The number of halogens is 2. The highest BCUT2D eigenvalue weighted by molar-refractivity contribution is 6.35. The van der Waals surface area contributed by atoms with E-state index in [2.05, 4.69) is 16.7 Å². The molecule has 0 aliphatic heterocycles. The van der Waals surface area contributed by atoms with Crippen LogP contribution in [-0.2, 0) is 9.53 Å². The number of aldehydes is 1. The highest BCUT2D eigenvalue weighted by Gasteiger charge is 2.27. The van der Waals surface area contributed by atoms with Crippen LogP contribution in [0.4, 0.5) is 4.79 Å². The quantitative estimate of drug-likeness (QED) is 0.172. The highest BCUT2D eigenvalue weighted by atomic mass is 35.5. The Hall–Kier alpha value is -3.36. The SMILES string of the molecule is C=C/C=C(/C=O)N(C)C(C)c1nn(C(=O)OC(C)(C)C)c2ccc(OC(C)c3c(Cl)cncc3Cl)cc12. The van der Waals surface area contributed by atoms with Gasteiger partial charge >= 0.3 is 6.09 Å². The van der Waals surface area contributed by atoms with E-state index in [1.165, 1.54) is 23.2 Å². The van der Waals surface area contributed by atoms with E-state index in [4.69, 9.17) is 32.7 Å². The number of likely N-dealkylation sites (N-methyl/N-ethyl adjacent to an activating group) is 1. The number of ether oxygens (including phenoxy) is 2. The van der Waals surface area contributed by atoms with Crippen LogP contribution in [0.15, 0.2) is 55.0 Å². The number of hydrogen-bond acceptors (Lipinski definition) is 7. The van der Waals surface area contributed by atoms with Crippen molar-refractivity contribution in [3.05, 3.63) is 76.3 Å². The zero-order chi connectivity index (χ0) is 27.5. The van der Waals surface area contributed by atoms with Crippen LogP contribution >= 0.6 is 23.2 Å². The first-order valence-corrected chi connectivity index (χ1v) is 12.4. The Balaban J connectivity index is 2.10. The average molecular weight is 545 g/mol. The van der Waals surface area contributed by atoms with Gasteiger partial charge in [0.05, 0.1) is 33.0 Å². The number of pyridine rings is 1. The minimum atomic E-state index is -0.711. The second kappa shape index (κ2) is 11.4. The van der Waals surface area contributed by atoms with Crippen LogP contribution in [0.3, 0.4) is 0 Å². The molecule has 37 heavy (non-hydrogen) atoms. The summed E-state index contributed by atoms with van der Waals surface area (Å²) in [5, 5.41) is 6.05. The Morgan fingerprint density at radius 1 is 1.19 bits per heavy atom. The van der Waals surface area contributed by atoms with Crippen molar-refractivity contribution in [1.82, 2.24) is 19.7 Å². The summed E-state index contributed by atoms with van der Waals surface area (Å²) >= 11 is 12.6. The smallest absolute Gasteiger partial charge is 0.435 e. The third-order valence-corrected chi connectivity index (χ3v) is 6.25. The number of allylic oxidation sites excluding steroid dienone is 3. The lowest BCUT2D eigenvalue weighted by Gasteiger charge is -2.25. The summed E-state index contributed by atoms with van der Waals surface area (Å²) in [7, 11) is 1.77. The van der Waals surface area contributed by atoms with Crippen molar-refractivity contribution in [2.24, 2.45) is 0 Å². The molecule has 2 aromatic heterocycles. The van der Waals surface area contributed by atoms with Gasteiger partial charge in [-0.3, -0.25) is 9.78 Å². The normalized spacial score (nSPS) is 13.7.